The van der Waals surface area contributed by atoms with Crippen LogP contribution in [0.1, 0.15) is 0 Å². The first-order valence-electron chi connectivity index (χ1n) is 5.68. The predicted molar refractivity (Wildman–Crippen MR) is 55.8 cm³/mol. The summed E-state index contributed by atoms with van der Waals surface area (Å²) in [4.78, 5) is 0. The summed E-state index contributed by atoms with van der Waals surface area (Å²) in [7, 11) is -8.34. The lowest BCUT2D eigenvalue weighted by Crippen LogP contribution is -2.76. The van der Waals surface area contributed by atoms with Crippen molar-refractivity contribution in [3.05, 3.63) is 0 Å². The molecule has 22 heteroatoms. The molecule has 0 radical (unpaired) electrons. The molecule has 0 aromatic carbocycles. The molecule has 0 amide bonds. The van der Waals surface area contributed by atoms with Gasteiger partial charge in [-0.05, 0) is 0 Å². The molecule has 3 N–H and O–H groups in total. The summed E-state index contributed by atoms with van der Waals surface area (Å²) in [5, 5.41) is -8.26. The minimum atomic E-state index is -8.93. The summed E-state index contributed by atoms with van der Waals surface area (Å²) in [6.07, 6.45) is -15.9. The van der Waals surface area contributed by atoms with E-state index in [1.54, 1.807) is 0 Å². The normalized spacial score (nSPS) is 17.9. The summed E-state index contributed by atoms with van der Waals surface area (Å²) >= 11 is 0. The molecule has 0 aromatic heterocycles. The Morgan fingerprint density at radius 3 is 0.867 bits per heavy atom. The molecular formula is C8H3F17O4S. The Bertz CT molecular complexity index is 734. The van der Waals surface area contributed by atoms with Crippen molar-refractivity contribution in [2.75, 3.05) is 0 Å². The van der Waals surface area contributed by atoms with Crippen LogP contribution in [0.2, 0.25) is 0 Å². The van der Waals surface area contributed by atoms with Gasteiger partial charge >= 0.3 is 57.1 Å². The molecule has 0 saturated carbocycles. The van der Waals surface area contributed by atoms with Crippen molar-refractivity contribution in [3.63, 3.8) is 0 Å². The number of halogens is 17. The van der Waals surface area contributed by atoms with E-state index in [0.717, 1.165) is 0 Å². The second kappa shape index (κ2) is 7.10. The highest BCUT2D eigenvalue weighted by Crippen LogP contribution is 2.64. The quantitative estimate of drug-likeness (QED) is 0.426. The lowest BCUT2D eigenvalue weighted by atomic mass is 9.91. The van der Waals surface area contributed by atoms with E-state index in [9.17, 15) is 83.1 Å². The molecule has 1 unspecified atom stereocenters. The van der Waals surface area contributed by atoms with Crippen LogP contribution in [0.3, 0.4) is 0 Å². The zero-order valence-electron chi connectivity index (χ0n) is 12.6. The third kappa shape index (κ3) is 3.52. The van der Waals surface area contributed by atoms with Crippen LogP contribution < -0.4 is 0 Å². The summed E-state index contributed by atoms with van der Waals surface area (Å²) in [5.41, 5.74) is 0. The van der Waals surface area contributed by atoms with Gasteiger partial charge in [0.25, 0.3) is 0 Å². The third-order valence-corrected chi connectivity index (χ3v) is 4.26. The fraction of sp³-hybridized carbons (Fsp3) is 1.00. The van der Waals surface area contributed by atoms with E-state index in [2.05, 4.69) is 0 Å². The lowest BCUT2D eigenvalue weighted by molar-refractivity contribution is -0.450. The van der Waals surface area contributed by atoms with Gasteiger partial charge in [0.2, 0.25) is 0 Å². The molecule has 30 heavy (non-hydrogen) atoms. The molecule has 0 spiro atoms. The highest BCUT2D eigenvalue weighted by molar-refractivity contribution is 7.87. The fourth-order valence-electron chi connectivity index (χ4n) is 1.46. The predicted octanol–water partition coefficient (Wildman–Crippen LogP) is 4.02. The van der Waals surface area contributed by atoms with E-state index < -0.39 is 57.1 Å². The second-order valence-corrected chi connectivity index (χ2v) is 6.45. The SMILES string of the molecule is O.O=S(=O)(O)C(F)(C(F)(F)F)C(F)(F)C(F)(F)C(F)(F)C(F)(F)C(F)(F)C(F)(F)F. The van der Waals surface area contributed by atoms with Gasteiger partial charge in [-0.2, -0.15) is 78.7 Å². The minimum absolute atomic E-state index is 0. The van der Waals surface area contributed by atoms with Crippen molar-refractivity contribution in [2.24, 2.45) is 0 Å². The van der Waals surface area contributed by atoms with Crippen molar-refractivity contribution in [2.45, 2.75) is 47.0 Å². The maximum atomic E-state index is 13.3. The molecule has 0 rings (SSSR count). The molecule has 0 heterocycles. The van der Waals surface area contributed by atoms with Crippen LogP contribution in [0.5, 0.6) is 0 Å². The maximum Gasteiger partial charge on any atom is 0.460 e. The molecule has 0 aliphatic rings. The van der Waals surface area contributed by atoms with Crippen molar-refractivity contribution in [1.82, 2.24) is 0 Å². The van der Waals surface area contributed by atoms with Crippen molar-refractivity contribution in [1.29, 1.82) is 0 Å². The summed E-state index contributed by atoms with van der Waals surface area (Å²) in [5.74, 6) is -43.6. The molecule has 0 aromatic rings. The van der Waals surface area contributed by atoms with Gasteiger partial charge in [0.1, 0.15) is 0 Å². The lowest BCUT2D eigenvalue weighted by Gasteiger charge is -2.42. The molecule has 0 saturated heterocycles. The van der Waals surface area contributed by atoms with Gasteiger partial charge in [0.15, 0.2) is 0 Å². The second-order valence-electron chi connectivity index (χ2n) is 4.94. The van der Waals surface area contributed by atoms with Gasteiger partial charge in [-0.15, -0.1) is 0 Å². The molecular weight excluding hydrogens is 515 g/mol. The summed E-state index contributed by atoms with van der Waals surface area (Å²) in [6, 6.07) is 0. The Kier molecular flexibility index (Phi) is 7.31. The molecule has 4 nitrogen and oxygen atoms in total. The zero-order valence-corrected chi connectivity index (χ0v) is 13.4. The van der Waals surface area contributed by atoms with Crippen LogP contribution in [-0.4, -0.2) is 65.4 Å². The topological polar surface area (TPSA) is 85.9 Å². The average Bonchev–Trinajstić information content (AvgIpc) is 2.41. The third-order valence-electron chi connectivity index (χ3n) is 3.06. The van der Waals surface area contributed by atoms with E-state index in [0.29, 0.717) is 0 Å². The van der Waals surface area contributed by atoms with Crippen LogP contribution >= 0.6 is 0 Å². The molecule has 1 atom stereocenters. The summed E-state index contributed by atoms with van der Waals surface area (Å²) < 4.78 is 243. The van der Waals surface area contributed by atoms with Crippen molar-refractivity contribution in [3.8, 4) is 0 Å². The number of alkyl halides is 17. The number of rotatable bonds is 6. The monoisotopic (exact) mass is 518 g/mol. The maximum absolute atomic E-state index is 13.3. The van der Waals surface area contributed by atoms with Crippen LogP contribution in [0.25, 0.3) is 0 Å². The van der Waals surface area contributed by atoms with Gasteiger partial charge in [-0.25, -0.2) is 4.39 Å². The van der Waals surface area contributed by atoms with Gasteiger partial charge in [-0.3, -0.25) is 4.55 Å². The molecule has 184 valence electrons. The minimum Gasteiger partial charge on any atom is -0.412 e. The Hall–Kier alpha value is -1.32. The van der Waals surface area contributed by atoms with Crippen molar-refractivity contribution >= 4 is 10.1 Å². The van der Waals surface area contributed by atoms with Gasteiger partial charge < -0.3 is 5.48 Å². The molecule has 0 fully saturated rings. The number of hydrogen-bond donors (Lipinski definition) is 1. The zero-order chi connectivity index (χ0) is 24.5. The van der Waals surface area contributed by atoms with Gasteiger partial charge in [0, 0.05) is 0 Å². The van der Waals surface area contributed by atoms with Crippen molar-refractivity contribution < 1.29 is 93.1 Å². The smallest absolute Gasteiger partial charge is 0.412 e. The Labute approximate surface area is 151 Å². The molecule has 0 aliphatic carbocycles. The first-order valence-corrected chi connectivity index (χ1v) is 7.12. The largest absolute Gasteiger partial charge is 0.460 e. The first kappa shape index (κ1) is 30.9. The van der Waals surface area contributed by atoms with Crippen LogP contribution in [-0.2, 0) is 10.1 Å². The van der Waals surface area contributed by atoms with Gasteiger partial charge in [0.05, 0.1) is 0 Å². The highest BCUT2D eigenvalue weighted by Gasteiger charge is 2.97. The fourth-order valence-corrected chi connectivity index (χ4v) is 2.20. The Balaban J connectivity index is 0. The Morgan fingerprint density at radius 1 is 0.433 bits per heavy atom. The highest BCUT2D eigenvalue weighted by atomic mass is 32.2. The van der Waals surface area contributed by atoms with E-state index in [4.69, 9.17) is 4.55 Å². The van der Waals surface area contributed by atoms with E-state index in [1.807, 2.05) is 0 Å². The van der Waals surface area contributed by atoms with Gasteiger partial charge in [-0.1, -0.05) is 0 Å². The number of hydrogen-bond acceptors (Lipinski definition) is 2. The summed E-state index contributed by atoms with van der Waals surface area (Å²) in [6.45, 7) is 0. The van der Waals surface area contributed by atoms with E-state index >= 15 is 0 Å². The molecule has 0 aliphatic heterocycles. The standard InChI is InChI=1S/C8HF17O3S.H2O/c9-1(10,3(13,14)5(17,18)7(20,21)22)2(11,12)4(15,16)6(19,8(23,24)25)29(26,27)28;/h(H,26,27,28);1H2. The average molecular weight is 518 g/mol. The van der Waals surface area contributed by atoms with E-state index in [-0.39, 0.29) is 5.48 Å². The van der Waals surface area contributed by atoms with Crippen LogP contribution in [0, 0.1) is 0 Å². The first-order chi connectivity index (χ1) is 12.0. The molecule has 0 bridgehead atoms. The van der Waals surface area contributed by atoms with E-state index in [1.165, 1.54) is 0 Å². The van der Waals surface area contributed by atoms with Crippen LogP contribution in [0.15, 0.2) is 0 Å². The van der Waals surface area contributed by atoms with Crippen LogP contribution in [0.4, 0.5) is 74.6 Å². The Morgan fingerprint density at radius 2 is 0.667 bits per heavy atom.